The van der Waals surface area contributed by atoms with Crippen molar-refractivity contribution in [3.63, 3.8) is 0 Å². The van der Waals surface area contributed by atoms with Gasteiger partial charge >= 0.3 is 5.97 Å². The van der Waals surface area contributed by atoms with E-state index in [4.69, 9.17) is 14.6 Å². The van der Waals surface area contributed by atoms with Gasteiger partial charge in [0.25, 0.3) is 0 Å². The fourth-order valence-electron chi connectivity index (χ4n) is 2.02. The van der Waals surface area contributed by atoms with E-state index in [0.717, 1.165) is 29.3 Å². The molecule has 2 aromatic rings. The number of hydrogen-bond acceptors (Lipinski definition) is 5. The third-order valence-electron chi connectivity index (χ3n) is 3.12. The molecule has 6 heteroatoms. The van der Waals surface area contributed by atoms with Crippen molar-refractivity contribution in [2.45, 2.75) is 26.2 Å². The lowest BCUT2D eigenvalue weighted by molar-refractivity contribution is 0.0701. The van der Waals surface area contributed by atoms with Crippen LogP contribution in [-0.2, 0) is 12.8 Å². The quantitative estimate of drug-likeness (QED) is 0.754. The molecule has 0 aliphatic heterocycles. The molecule has 22 heavy (non-hydrogen) atoms. The lowest BCUT2D eigenvalue weighted by Crippen LogP contribution is -1.99. The second-order valence-corrected chi connectivity index (χ2v) is 5.76. The zero-order valence-electron chi connectivity index (χ0n) is 12.7. The van der Waals surface area contributed by atoms with Gasteiger partial charge in [-0.2, -0.15) is 0 Å². The van der Waals surface area contributed by atoms with Gasteiger partial charge in [-0.3, -0.25) is 0 Å². The fraction of sp³-hybridized carbons (Fsp3) is 0.375. The molecule has 0 radical (unpaired) electrons. The number of thiazole rings is 1. The van der Waals surface area contributed by atoms with Gasteiger partial charge in [0.15, 0.2) is 0 Å². The number of ether oxygens (including phenoxy) is 2. The highest BCUT2D eigenvalue weighted by Gasteiger charge is 2.15. The molecule has 0 aliphatic rings. The third kappa shape index (κ3) is 4.21. The second kappa shape index (κ2) is 7.79. The number of rotatable bonds is 8. The molecule has 0 fully saturated rings. The lowest BCUT2D eigenvalue weighted by Gasteiger charge is -2.06. The zero-order chi connectivity index (χ0) is 15.9. The molecule has 1 aromatic carbocycles. The van der Waals surface area contributed by atoms with E-state index in [1.807, 2.05) is 31.2 Å². The minimum Gasteiger partial charge on any atom is -0.497 e. The van der Waals surface area contributed by atoms with E-state index in [2.05, 4.69) is 4.98 Å². The van der Waals surface area contributed by atoms with Gasteiger partial charge in [-0.1, -0.05) is 13.0 Å². The molecule has 5 nitrogen and oxygen atoms in total. The molecule has 1 aromatic heterocycles. The van der Waals surface area contributed by atoms with Crippen molar-refractivity contribution in [1.82, 2.24) is 4.98 Å². The first-order valence-corrected chi connectivity index (χ1v) is 7.94. The molecular weight excluding hydrogens is 302 g/mol. The van der Waals surface area contributed by atoms with Crippen LogP contribution in [0.1, 0.15) is 33.7 Å². The van der Waals surface area contributed by atoms with Gasteiger partial charge in [0.05, 0.1) is 24.4 Å². The maximum absolute atomic E-state index is 11.1. The summed E-state index contributed by atoms with van der Waals surface area (Å²) < 4.78 is 10.8. The zero-order valence-corrected chi connectivity index (χ0v) is 13.5. The molecule has 0 saturated heterocycles. The Balaban J connectivity index is 1.84. The van der Waals surface area contributed by atoms with E-state index in [-0.39, 0.29) is 0 Å². The largest absolute Gasteiger partial charge is 0.497 e. The third-order valence-corrected chi connectivity index (χ3v) is 4.26. The predicted octanol–water partition coefficient (Wildman–Crippen LogP) is 3.42. The Bertz CT molecular complexity index is 639. The molecule has 0 bridgehead atoms. The SMILES string of the molecule is CCc1nc(CCCOc2cccc(OC)c2)sc1C(=O)O. The number of aryl methyl sites for hydroxylation is 2. The molecule has 0 atom stereocenters. The van der Waals surface area contributed by atoms with Gasteiger partial charge in [0, 0.05) is 12.5 Å². The Morgan fingerprint density at radius 2 is 2.14 bits per heavy atom. The van der Waals surface area contributed by atoms with E-state index >= 15 is 0 Å². The Morgan fingerprint density at radius 3 is 2.77 bits per heavy atom. The van der Waals surface area contributed by atoms with Crippen LogP contribution in [0.2, 0.25) is 0 Å². The summed E-state index contributed by atoms with van der Waals surface area (Å²) in [7, 11) is 1.62. The van der Waals surface area contributed by atoms with Gasteiger partial charge in [0.1, 0.15) is 16.4 Å². The average molecular weight is 321 g/mol. The van der Waals surface area contributed by atoms with Crippen molar-refractivity contribution in [3.05, 3.63) is 39.8 Å². The molecule has 1 N–H and O–H groups in total. The molecule has 0 saturated carbocycles. The maximum Gasteiger partial charge on any atom is 0.347 e. The second-order valence-electron chi connectivity index (χ2n) is 4.67. The van der Waals surface area contributed by atoms with Gasteiger partial charge in [-0.25, -0.2) is 9.78 Å². The van der Waals surface area contributed by atoms with E-state index < -0.39 is 5.97 Å². The summed E-state index contributed by atoms with van der Waals surface area (Å²) in [5, 5.41) is 9.96. The first-order chi connectivity index (χ1) is 10.6. The molecule has 2 rings (SSSR count). The predicted molar refractivity (Wildman–Crippen MR) is 85.3 cm³/mol. The normalized spacial score (nSPS) is 10.5. The summed E-state index contributed by atoms with van der Waals surface area (Å²) in [6, 6.07) is 7.45. The van der Waals surface area contributed by atoms with Crippen LogP contribution in [0, 0.1) is 0 Å². The van der Waals surface area contributed by atoms with Crippen LogP contribution in [0.15, 0.2) is 24.3 Å². The lowest BCUT2D eigenvalue weighted by atomic mass is 10.3. The number of benzene rings is 1. The molecule has 0 spiro atoms. The first-order valence-electron chi connectivity index (χ1n) is 7.12. The van der Waals surface area contributed by atoms with Crippen LogP contribution in [0.5, 0.6) is 11.5 Å². The number of carbonyl (C=O) groups is 1. The van der Waals surface area contributed by atoms with Crippen molar-refractivity contribution in [3.8, 4) is 11.5 Å². The highest BCUT2D eigenvalue weighted by Crippen LogP contribution is 2.21. The Morgan fingerprint density at radius 1 is 1.36 bits per heavy atom. The average Bonchev–Trinajstić information content (AvgIpc) is 2.95. The number of aromatic nitrogens is 1. The highest BCUT2D eigenvalue weighted by atomic mass is 32.1. The van der Waals surface area contributed by atoms with E-state index in [0.29, 0.717) is 23.6 Å². The van der Waals surface area contributed by atoms with E-state index in [1.54, 1.807) is 7.11 Å². The molecule has 1 heterocycles. The summed E-state index contributed by atoms with van der Waals surface area (Å²) in [5.74, 6) is 0.628. The summed E-state index contributed by atoms with van der Waals surface area (Å²) >= 11 is 1.26. The molecule has 118 valence electrons. The van der Waals surface area contributed by atoms with Crippen molar-refractivity contribution in [2.24, 2.45) is 0 Å². The maximum atomic E-state index is 11.1. The standard InChI is InChI=1S/C16H19NO4S/c1-3-13-15(16(18)19)22-14(17-13)8-5-9-21-12-7-4-6-11(10-12)20-2/h4,6-7,10H,3,5,8-9H2,1-2H3,(H,18,19). The minimum atomic E-state index is -0.895. The van der Waals surface area contributed by atoms with Crippen LogP contribution >= 0.6 is 11.3 Å². The van der Waals surface area contributed by atoms with Crippen LogP contribution < -0.4 is 9.47 Å². The van der Waals surface area contributed by atoms with Gasteiger partial charge in [-0.15, -0.1) is 11.3 Å². The van der Waals surface area contributed by atoms with Crippen LogP contribution in [0.4, 0.5) is 0 Å². The van der Waals surface area contributed by atoms with Crippen LogP contribution in [0.25, 0.3) is 0 Å². The minimum absolute atomic E-state index is 0.353. The Hall–Kier alpha value is -2.08. The van der Waals surface area contributed by atoms with E-state index in [9.17, 15) is 4.79 Å². The summed E-state index contributed by atoms with van der Waals surface area (Å²) in [5.41, 5.74) is 0.668. The van der Waals surface area contributed by atoms with E-state index in [1.165, 1.54) is 11.3 Å². The topological polar surface area (TPSA) is 68.7 Å². The molecule has 0 amide bonds. The smallest absolute Gasteiger partial charge is 0.347 e. The van der Waals surface area contributed by atoms with Crippen LogP contribution in [-0.4, -0.2) is 29.8 Å². The monoisotopic (exact) mass is 321 g/mol. The number of hydrogen-bond donors (Lipinski definition) is 1. The number of methoxy groups -OCH3 is 1. The number of carboxylic acids is 1. The molecule has 0 aliphatic carbocycles. The summed E-state index contributed by atoms with van der Waals surface area (Å²) in [4.78, 5) is 15.8. The van der Waals surface area contributed by atoms with Crippen molar-refractivity contribution >= 4 is 17.3 Å². The highest BCUT2D eigenvalue weighted by molar-refractivity contribution is 7.13. The summed E-state index contributed by atoms with van der Waals surface area (Å²) in [6.07, 6.45) is 2.14. The Kier molecular flexibility index (Phi) is 5.77. The number of nitrogens with zero attached hydrogens (tertiary/aromatic N) is 1. The molecular formula is C16H19NO4S. The number of carboxylic acid groups (broad SMARTS) is 1. The van der Waals surface area contributed by atoms with Crippen molar-refractivity contribution < 1.29 is 19.4 Å². The number of aromatic carboxylic acids is 1. The first kappa shape index (κ1) is 16.3. The van der Waals surface area contributed by atoms with Gasteiger partial charge < -0.3 is 14.6 Å². The van der Waals surface area contributed by atoms with Crippen LogP contribution in [0.3, 0.4) is 0 Å². The molecule has 0 unspecified atom stereocenters. The fourth-order valence-corrected chi connectivity index (χ4v) is 3.05. The Labute approximate surface area is 133 Å². The van der Waals surface area contributed by atoms with Gasteiger partial charge in [-0.05, 0) is 25.0 Å². The van der Waals surface area contributed by atoms with Gasteiger partial charge in [0.2, 0.25) is 0 Å². The van der Waals surface area contributed by atoms with Crippen molar-refractivity contribution in [1.29, 1.82) is 0 Å². The van der Waals surface area contributed by atoms with Crippen molar-refractivity contribution in [2.75, 3.05) is 13.7 Å². The summed E-state index contributed by atoms with van der Waals surface area (Å²) in [6.45, 7) is 2.47.